The third-order valence-electron chi connectivity index (χ3n) is 4.88. The smallest absolute Gasteiger partial charge is 0.0897 e. The minimum atomic E-state index is 0.545. The average molecular weight is 262 g/mol. The van der Waals surface area contributed by atoms with E-state index < -0.39 is 0 Å². The van der Waals surface area contributed by atoms with Gasteiger partial charge in [-0.25, -0.2) is 4.98 Å². The van der Waals surface area contributed by atoms with E-state index in [4.69, 9.17) is 0 Å². The third kappa shape index (κ3) is 2.04. The maximum absolute atomic E-state index is 4.49. The summed E-state index contributed by atoms with van der Waals surface area (Å²) in [5, 5.41) is 6.87. The maximum Gasteiger partial charge on any atom is 0.0897 e. The first-order chi connectivity index (χ1) is 8.57. The van der Waals surface area contributed by atoms with Crippen LogP contribution in [0, 0.1) is 24.2 Å². The lowest BCUT2D eigenvalue weighted by Crippen LogP contribution is -2.49. The number of allylic oxidation sites excluding steroid dienone is 1. The lowest BCUT2D eigenvalue weighted by Gasteiger charge is -2.56. The van der Waals surface area contributed by atoms with E-state index >= 15 is 0 Å². The Morgan fingerprint density at radius 3 is 2.89 bits per heavy atom. The summed E-state index contributed by atoms with van der Waals surface area (Å²) < 4.78 is 0. The van der Waals surface area contributed by atoms with Gasteiger partial charge in [-0.15, -0.1) is 11.3 Å². The molecule has 1 saturated carbocycles. The van der Waals surface area contributed by atoms with Gasteiger partial charge < -0.3 is 5.32 Å². The molecule has 2 bridgehead atoms. The Hall–Kier alpha value is -0.670. The highest BCUT2D eigenvalue weighted by Gasteiger charge is 2.50. The van der Waals surface area contributed by atoms with E-state index in [0.29, 0.717) is 5.41 Å². The number of hydrogen-bond donors (Lipinski definition) is 1. The lowest BCUT2D eigenvalue weighted by atomic mass is 9.49. The fourth-order valence-corrected chi connectivity index (χ4v) is 4.11. The van der Waals surface area contributed by atoms with Crippen LogP contribution in [0.2, 0.25) is 0 Å². The third-order valence-corrected chi connectivity index (χ3v) is 5.71. The van der Waals surface area contributed by atoms with E-state index in [2.05, 4.69) is 42.5 Å². The van der Waals surface area contributed by atoms with Crippen molar-refractivity contribution in [1.29, 1.82) is 0 Å². The molecule has 3 aliphatic rings. The molecule has 3 heteroatoms. The summed E-state index contributed by atoms with van der Waals surface area (Å²) in [5.41, 5.74) is 3.36. The second-order valence-electron chi connectivity index (χ2n) is 6.28. The van der Waals surface area contributed by atoms with Gasteiger partial charge in [0.25, 0.3) is 0 Å². The van der Waals surface area contributed by atoms with Gasteiger partial charge in [0.05, 0.1) is 10.7 Å². The summed E-state index contributed by atoms with van der Waals surface area (Å²) in [6, 6.07) is 0. The molecule has 1 N–H and O–H groups in total. The van der Waals surface area contributed by atoms with Crippen LogP contribution in [0.25, 0.3) is 0 Å². The van der Waals surface area contributed by atoms with Gasteiger partial charge in [-0.3, -0.25) is 0 Å². The topological polar surface area (TPSA) is 24.9 Å². The van der Waals surface area contributed by atoms with Crippen LogP contribution in [0.15, 0.2) is 17.0 Å². The van der Waals surface area contributed by atoms with Crippen LogP contribution < -0.4 is 5.32 Å². The molecule has 0 aliphatic heterocycles. The molecule has 1 aromatic heterocycles. The van der Waals surface area contributed by atoms with Crippen molar-refractivity contribution in [1.82, 2.24) is 10.3 Å². The minimum Gasteiger partial charge on any atom is -0.307 e. The van der Waals surface area contributed by atoms with Gasteiger partial charge in [0.1, 0.15) is 0 Å². The Labute approximate surface area is 114 Å². The molecule has 0 unspecified atom stereocenters. The zero-order chi connectivity index (χ0) is 12.8. The molecule has 1 aromatic rings. The fourth-order valence-electron chi connectivity index (χ4n) is 3.50. The number of rotatable bonds is 4. The summed E-state index contributed by atoms with van der Waals surface area (Å²) >= 11 is 1.73. The van der Waals surface area contributed by atoms with E-state index in [1.54, 1.807) is 16.9 Å². The summed E-state index contributed by atoms with van der Waals surface area (Å²) in [4.78, 5) is 4.49. The highest BCUT2D eigenvalue weighted by atomic mass is 32.1. The predicted octanol–water partition coefficient (Wildman–Crippen LogP) is 3.53. The Balaban J connectivity index is 1.54. The molecule has 0 saturated heterocycles. The average Bonchev–Trinajstić information content (AvgIpc) is 2.75. The van der Waals surface area contributed by atoms with Crippen LogP contribution in [-0.2, 0) is 6.54 Å². The number of nitrogens with one attached hydrogen (secondary N) is 1. The standard InChI is InChI=1S/C15H22N2S/c1-10-17-13(9-18-10)8-16-7-11-4-5-12-6-14(11)15(12,2)3/h4,9,12,14,16H,5-8H2,1-3H3/t12-,14-/m0/s1. The van der Waals surface area contributed by atoms with E-state index in [1.165, 1.54) is 18.5 Å². The minimum absolute atomic E-state index is 0.545. The van der Waals surface area contributed by atoms with Crippen molar-refractivity contribution >= 4 is 11.3 Å². The molecule has 1 heterocycles. The van der Waals surface area contributed by atoms with Crippen molar-refractivity contribution < 1.29 is 0 Å². The maximum atomic E-state index is 4.49. The van der Waals surface area contributed by atoms with Crippen molar-refractivity contribution in [2.45, 2.75) is 40.2 Å². The number of aromatic nitrogens is 1. The number of aryl methyl sites for hydroxylation is 1. The summed E-state index contributed by atoms with van der Waals surface area (Å²) in [6.07, 6.45) is 5.18. The van der Waals surface area contributed by atoms with Crippen LogP contribution in [0.1, 0.15) is 37.4 Å². The Morgan fingerprint density at radius 1 is 1.44 bits per heavy atom. The molecular formula is C15H22N2S. The van der Waals surface area contributed by atoms with Gasteiger partial charge in [-0.1, -0.05) is 25.5 Å². The van der Waals surface area contributed by atoms with Crippen LogP contribution in [-0.4, -0.2) is 11.5 Å². The van der Waals surface area contributed by atoms with Gasteiger partial charge in [-0.2, -0.15) is 0 Å². The van der Waals surface area contributed by atoms with Crippen molar-refractivity contribution in [3.05, 3.63) is 27.7 Å². The van der Waals surface area contributed by atoms with Gasteiger partial charge in [-0.05, 0) is 37.0 Å². The molecular weight excluding hydrogens is 240 g/mol. The highest BCUT2D eigenvalue weighted by molar-refractivity contribution is 7.09. The molecule has 0 radical (unpaired) electrons. The largest absolute Gasteiger partial charge is 0.307 e. The second kappa shape index (κ2) is 4.46. The Kier molecular flexibility index (Phi) is 3.07. The van der Waals surface area contributed by atoms with Gasteiger partial charge in [0.2, 0.25) is 0 Å². The predicted molar refractivity (Wildman–Crippen MR) is 76.6 cm³/mol. The van der Waals surface area contributed by atoms with E-state index in [9.17, 15) is 0 Å². The van der Waals surface area contributed by atoms with Crippen LogP contribution in [0.3, 0.4) is 0 Å². The van der Waals surface area contributed by atoms with Crippen molar-refractivity contribution in [2.24, 2.45) is 17.3 Å². The first-order valence-electron chi connectivity index (χ1n) is 6.88. The summed E-state index contributed by atoms with van der Waals surface area (Å²) in [7, 11) is 0. The Morgan fingerprint density at radius 2 is 2.28 bits per heavy atom. The fraction of sp³-hybridized carbons (Fsp3) is 0.667. The zero-order valence-electron chi connectivity index (χ0n) is 11.5. The van der Waals surface area contributed by atoms with E-state index in [1.807, 2.05) is 0 Å². The van der Waals surface area contributed by atoms with Gasteiger partial charge in [0.15, 0.2) is 0 Å². The second-order valence-corrected chi connectivity index (χ2v) is 7.34. The monoisotopic (exact) mass is 262 g/mol. The first kappa shape index (κ1) is 12.4. The number of thiazole rings is 1. The SMILES string of the molecule is Cc1nc(CNCC2=CC[C@H]3C[C@@H]2C3(C)C)cs1. The molecule has 0 spiro atoms. The molecule has 3 aliphatic carbocycles. The molecule has 2 atom stereocenters. The molecule has 2 nitrogen and oxygen atoms in total. The quantitative estimate of drug-likeness (QED) is 0.840. The van der Waals surface area contributed by atoms with Crippen molar-refractivity contribution in [3.8, 4) is 0 Å². The van der Waals surface area contributed by atoms with Crippen LogP contribution >= 0.6 is 11.3 Å². The van der Waals surface area contributed by atoms with Gasteiger partial charge >= 0.3 is 0 Å². The van der Waals surface area contributed by atoms with Crippen LogP contribution in [0.4, 0.5) is 0 Å². The first-order valence-corrected chi connectivity index (χ1v) is 7.76. The normalized spacial score (nSPS) is 28.7. The molecule has 98 valence electrons. The number of hydrogen-bond acceptors (Lipinski definition) is 3. The molecule has 18 heavy (non-hydrogen) atoms. The number of fused-ring (bicyclic) bond motifs is 1. The van der Waals surface area contributed by atoms with Crippen molar-refractivity contribution in [2.75, 3.05) is 6.54 Å². The summed E-state index contributed by atoms with van der Waals surface area (Å²) in [6.45, 7) is 8.87. The lowest BCUT2D eigenvalue weighted by molar-refractivity contribution is -0.00739. The Bertz CT molecular complexity index is 473. The molecule has 1 fully saturated rings. The van der Waals surface area contributed by atoms with Crippen LogP contribution in [0.5, 0.6) is 0 Å². The van der Waals surface area contributed by atoms with Crippen molar-refractivity contribution in [3.63, 3.8) is 0 Å². The highest BCUT2D eigenvalue weighted by Crippen LogP contribution is 2.58. The zero-order valence-corrected chi connectivity index (χ0v) is 12.3. The van der Waals surface area contributed by atoms with Gasteiger partial charge in [0, 0.05) is 18.5 Å². The molecule has 0 aromatic carbocycles. The number of nitrogens with zero attached hydrogens (tertiary/aromatic N) is 1. The molecule has 4 rings (SSSR count). The summed E-state index contributed by atoms with van der Waals surface area (Å²) in [5.74, 6) is 1.76. The molecule has 0 amide bonds. The van der Waals surface area contributed by atoms with E-state index in [-0.39, 0.29) is 0 Å². The van der Waals surface area contributed by atoms with E-state index in [0.717, 1.165) is 29.9 Å².